The van der Waals surface area contributed by atoms with E-state index in [9.17, 15) is 13.2 Å². The number of pyridine rings is 1. The molecule has 1 aromatic heterocycles. The quantitative estimate of drug-likeness (QED) is 0.334. The predicted octanol–water partition coefficient (Wildman–Crippen LogP) is 7.12. The number of benzene rings is 3. The molecule has 0 saturated heterocycles. The Balaban J connectivity index is 1.81. The average Bonchev–Trinajstić information content (AvgIpc) is 2.83. The van der Waals surface area contributed by atoms with Crippen molar-refractivity contribution in [1.29, 1.82) is 0 Å². The van der Waals surface area contributed by atoms with Crippen molar-refractivity contribution in [3.8, 4) is 45.1 Å². The van der Waals surface area contributed by atoms with Gasteiger partial charge in [-0.3, -0.25) is 0 Å². The first-order valence-electron chi connectivity index (χ1n) is 9.86. The second-order valence-corrected chi connectivity index (χ2v) is 7.12. The highest BCUT2D eigenvalue weighted by molar-refractivity contribution is 5.83. The Labute approximate surface area is 184 Å². The lowest BCUT2D eigenvalue weighted by molar-refractivity contribution is -0.137. The van der Waals surface area contributed by atoms with Gasteiger partial charge in [0.05, 0.1) is 31.2 Å². The van der Waals surface area contributed by atoms with E-state index in [0.29, 0.717) is 11.3 Å². The van der Waals surface area contributed by atoms with Crippen LogP contribution in [0, 0.1) is 0 Å². The van der Waals surface area contributed by atoms with Crippen LogP contribution in [-0.4, -0.2) is 19.2 Å². The van der Waals surface area contributed by atoms with Crippen LogP contribution < -0.4 is 9.47 Å². The third-order valence-electron chi connectivity index (χ3n) is 5.17. The largest absolute Gasteiger partial charge is 0.497 e. The molecule has 0 N–H and O–H groups in total. The normalized spacial score (nSPS) is 11.3. The number of aromatic nitrogens is 1. The summed E-state index contributed by atoms with van der Waals surface area (Å²) in [6.07, 6.45) is -4.38. The number of alkyl halides is 3. The van der Waals surface area contributed by atoms with Crippen LogP contribution in [0.15, 0.2) is 84.9 Å². The van der Waals surface area contributed by atoms with Crippen LogP contribution in [0.4, 0.5) is 13.2 Å². The number of rotatable bonds is 5. The molecule has 3 aromatic carbocycles. The van der Waals surface area contributed by atoms with Gasteiger partial charge >= 0.3 is 6.18 Å². The highest BCUT2D eigenvalue weighted by Crippen LogP contribution is 2.35. The van der Waals surface area contributed by atoms with Crippen molar-refractivity contribution in [3.63, 3.8) is 0 Å². The summed E-state index contributed by atoms with van der Waals surface area (Å²) in [4.78, 5) is 4.83. The van der Waals surface area contributed by atoms with E-state index < -0.39 is 11.7 Å². The molecule has 4 aromatic rings. The maximum Gasteiger partial charge on any atom is 0.416 e. The average molecular weight is 435 g/mol. The van der Waals surface area contributed by atoms with Crippen LogP contribution in [0.2, 0.25) is 0 Å². The standard InChI is InChI=1S/C26H20F3NO2/c1-31-21-11-5-17(6-12-21)23-15-16-24(18-3-9-20(10-4-18)26(27,28)29)30-25(23)19-7-13-22(32-2)14-8-19/h3-16H,1-2H3. The lowest BCUT2D eigenvalue weighted by atomic mass is 9.97. The second kappa shape index (κ2) is 8.75. The molecule has 3 nitrogen and oxygen atoms in total. The SMILES string of the molecule is COc1ccc(-c2ccc(-c3ccc(C(F)(F)F)cc3)nc2-c2ccc(OC)cc2)cc1. The molecule has 0 aliphatic rings. The monoisotopic (exact) mass is 435 g/mol. The highest BCUT2D eigenvalue weighted by atomic mass is 19.4. The van der Waals surface area contributed by atoms with Gasteiger partial charge in [0.1, 0.15) is 11.5 Å². The summed E-state index contributed by atoms with van der Waals surface area (Å²) >= 11 is 0. The van der Waals surface area contributed by atoms with Crippen molar-refractivity contribution in [3.05, 3.63) is 90.5 Å². The Morgan fingerprint density at radius 2 is 1.09 bits per heavy atom. The number of ether oxygens (including phenoxy) is 2. The molecule has 0 bridgehead atoms. The van der Waals surface area contributed by atoms with Crippen molar-refractivity contribution < 1.29 is 22.6 Å². The zero-order valence-electron chi connectivity index (χ0n) is 17.5. The van der Waals surface area contributed by atoms with Crippen LogP contribution in [0.1, 0.15) is 5.56 Å². The molecule has 0 fully saturated rings. The molecule has 0 aliphatic heterocycles. The second-order valence-electron chi connectivity index (χ2n) is 7.12. The summed E-state index contributed by atoms with van der Waals surface area (Å²) in [6.45, 7) is 0. The number of methoxy groups -OCH3 is 2. The van der Waals surface area contributed by atoms with Crippen LogP contribution in [-0.2, 0) is 6.18 Å². The van der Waals surface area contributed by atoms with E-state index in [0.717, 1.165) is 46.0 Å². The molecule has 1 heterocycles. The van der Waals surface area contributed by atoms with Crippen molar-refractivity contribution in [2.24, 2.45) is 0 Å². The summed E-state index contributed by atoms with van der Waals surface area (Å²) in [7, 11) is 3.21. The Kier molecular flexibility index (Phi) is 5.86. The Morgan fingerprint density at radius 1 is 0.594 bits per heavy atom. The summed E-state index contributed by atoms with van der Waals surface area (Å²) in [5.74, 6) is 1.47. The molecule has 0 spiro atoms. The van der Waals surface area contributed by atoms with E-state index in [1.807, 2.05) is 60.7 Å². The van der Waals surface area contributed by atoms with Gasteiger partial charge in [-0.1, -0.05) is 30.3 Å². The Morgan fingerprint density at radius 3 is 1.59 bits per heavy atom. The van der Waals surface area contributed by atoms with Crippen molar-refractivity contribution in [2.45, 2.75) is 6.18 Å². The molecule has 32 heavy (non-hydrogen) atoms. The van der Waals surface area contributed by atoms with Gasteiger partial charge in [0.25, 0.3) is 0 Å². The minimum absolute atomic E-state index is 0.585. The maximum atomic E-state index is 12.9. The fourth-order valence-electron chi connectivity index (χ4n) is 3.42. The fraction of sp³-hybridized carbons (Fsp3) is 0.115. The van der Waals surface area contributed by atoms with Gasteiger partial charge in [0.15, 0.2) is 0 Å². The smallest absolute Gasteiger partial charge is 0.416 e. The molecule has 0 radical (unpaired) electrons. The third-order valence-corrected chi connectivity index (χ3v) is 5.17. The fourth-order valence-corrected chi connectivity index (χ4v) is 3.42. The number of nitrogens with zero attached hydrogens (tertiary/aromatic N) is 1. The van der Waals surface area contributed by atoms with Gasteiger partial charge in [0, 0.05) is 16.7 Å². The first-order chi connectivity index (χ1) is 15.4. The van der Waals surface area contributed by atoms with E-state index >= 15 is 0 Å². The molecule has 0 atom stereocenters. The number of halogens is 3. The van der Waals surface area contributed by atoms with Gasteiger partial charge in [0.2, 0.25) is 0 Å². The molecule has 6 heteroatoms. The van der Waals surface area contributed by atoms with Crippen molar-refractivity contribution in [1.82, 2.24) is 4.98 Å². The molecule has 0 unspecified atom stereocenters. The first-order valence-corrected chi connectivity index (χ1v) is 9.86. The Bertz CT molecular complexity index is 1200. The van der Waals surface area contributed by atoms with Crippen LogP contribution >= 0.6 is 0 Å². The minimum atomic E-state index is -4.38. The molecular formula is C26H20F3NO2. The van der Waals surface area contributed by atoms with Crippen LogP contribution in [0.5, 0.6) is 11.5 Å². The number of hydrogen-bond acceptors (Lipinski definition) is 3. The van der Waals surface area contributed by atoms with Crippen molar-refractivity contribution in [2.75, 3.05) is 14.2 Å². The van der Waals surface area contributed by atoms with Crippen LogP contribution in [0.3, 0.4) is 0 Å². The van der Waals surface area contributed by atoms with E-state index in [-0.39, 0.29) is 0 Å². The highest BCUT2D eigenvalue weighted by Gasteiger charge is 2.30. The van der Waals surface area contributed by atoms with E-state index in [1.165, 1.54) is 12.1 Å². The van der Waals surface area contributed by atoms with Gasteiger partial charge < -0.3 is 9.47 Å². The van der Waals surface area contributed by atoms with E-state index in [4.69, 9.17) is 14.5 Å². The molecule has 162 valence electrons. The maximum absolute atomic E-state index is 12.9. The topological polar surface area (TPSA) is 31.4 Å². The Hall–Kier alpha value is -3.80. The molecule has 0 saturated carbocycles. The summed E-state index contributed by atoms with van der Waals surface area (Å²) in [6, 6.07) is 23.9. The van der Waals surface area contributed by atoms with Gasteiger partial charge in [-0.15, -0.1) is 0 Å². The van der Waals surface area contributed by atoms with Gasteiger partial charge in [-0.25, -0.2) is 4.98 Å². The van der Waals surface area contributed by atoms with E-state index in [2.05, 4.69) is 0 Å². The van der Waals surface area contributed by atoms with Gasteiger partial charge in [-0.2, -0.15) is 13.2 Å². The lowest BCUT2D eigenvalue weighted by Gasteiger charge is -2.13. The van der Waals surface area contributed by atoms with Gasteiger partial charge in [-0.05, 0) is 60.2 Å². The minimum Gasteiger partial charge on any atom is -0.497 e. The third kappa shape index (κ3) is 4.44. The predicted molar refractivity (Wildman–Crippen MR) is 119 cm³/mol. The molecule has 0 amide bonds. The van der Waals surface area contributed by atoms with Crippen molar-refractivity contribution >= 4 is 0 Å². The zero-order chi connectivity index (χ0) is 22.7. The van der Waals surface area contributed by atoms with Crippen LogP contribution in [0.25, 0.3) is 33.6 Å². The lowest BCUT2D eigenvalue weighted by Crippen LogP contribution is -2.04. The summed E-state index contributed by atoms with van der Waals surface area (Å²) in [5, 5.41) is 0. The zero-order valence-corrected chi connectivity index (χ0v) is 17.5. The molecule has 4 rings (SSSR count). The first kappa shape index (κ1) is 21.4. The summed E-state index contributed by atoms with van der Waals surface area (Å²) in [5.41, 5.74) is 3.93. The molecular weight excluding hydrogens is 415 g/mol. The number of hydrogen-bond donors (Lipinski definition) is 0. The molecule has 0 aliphatic carbocycles. The summed E-state index contributed by atoms with van der Waals surface area (Å²) < 4.78 is 49.3. The van der Waals surface area contributed by atoms with E-state index in [1.54, 1.807) is 14.2 Å².